The van der Waals surface area contributed by atoms with E-state index in [-0.39, 0.29) is 18.8 Å². The van der Waals surface area contributed by atoms with E-state index in [9.17, 15) is 18.0 Å². The molecule has 4 nitrogen and oxygen atoms in total. The van der Waals surface area contributed by atoms with Crippen LogP contribution in [0.25, 0.3) is 0 Å². The molecule has 0 aliphatic carbocycles. The van der Waals surface area contributed by atoms with Crippen molar-refractivity contribution >= 4 is 11.7 Å². The summed E-state index contributed by atoms with van der Waals surface area (Å²) in [5, 5.41) is 4.86. The molecule has 104 valence electrons. The van der Waals surface area contributed by atoms with Crippen LogP contribution in [0, 0.1) is 12.3 Å². The van der Waals surface area contributed by atoms with Crippen LogP contribution in [-0.4, -0.2) is 30.2 Å². The first-order valence-electron chi connectivity index (χ1n) is 5.87. The highest BCUT2D eigenvalue weighted by Crippen LogP contribution is 2.43. The molecule has 2 heterocycles. The van der Waals surface area contributed by atoms with E-state index in [4.69, 9.17) is 0 Å². The van der Waals surface area contributed by atoms with Gasteiger partial charge >= 0.3 is 6.18 Å². The lowest BCUT2D eigenvalue weighted by molar-refractivity contribution is -0.213. The average molecular weight is 273 g/mol. The second-order valence-electron chi connectivity index (χ2n) is 4.68. The van der Waals surface area contributed by atoms with Crippen LogP contribution in [-0.2, 0) is 4.79 Å². The molecule has 0 saturated carbocycles. The summed E-state index contributed by atoms with van der Waals surface area (Å²) in [4.78, 5) is 15.8. The molecular weight excluding hydrogens is 259 g/mol. The SMILES string of the molecule is Cc1ccnc(NC(=O)C2(C(F)(F)F)CCNC2)c1. The summed E-state index contributed by atoms with van der Waals surface area (Å²) in [6, 6.07) is 3.23. The summed E-state index contributed by atoms with van der Waals surface area (Å²) in [5.74, 6) is -0.913. The van der Waals surface area contributed by atoms with Gasteiger partial charge < -0.3 is 10.6 Å². The van der Waals surface area contributed by atoms with Crippen LogP contribution < -0.4 is 10.6 Å². The Bertz CT molecular complexity index is 481. The van der Waals surface area contributed by atoms with Crippen LogP contribution >= 0.6 is 0 Å². The molecule has 0 radical (unpaired) electrons. The fourth-order valence-corrected chi connectivity index (χ4v) is 2.10. The number of nitrogens with one attached hydrogen (secondary N) is 2. The van der Waals surface area contributed by atoms with Gasteiger partial charge in [0.05, 0.1) is 0 Å². The van der Waals surface area contributed by atoms with Crippen molar-refractivity contribution in [1.29, 1.82) is 0 Å². The Labute approximate surface area is 108 Å². The number of aromatic nitrogens is 1. The van der Waals surface area contributed by atoms with Crippen molar-refractivity contribution < 1.29 is 18.0 Å². The molecule has 19 heavy (non-hydrogen) atoms. The van der Waals surface area contributed by atoms with Crippen molar-refractivity contribution in [3.63, 3.8) is 0 Å². The van der Waals surface area contributed by atoms with Crippen LogP contribution in [0.15, 0.2) is 18.3 Å². The molecule has 1 aliphatic rings. The van der Waals surface area contributed by atoms with Gasteiger partial charge in [-0.15, -0.1) is 0 Å². The number of aryl methyl sites for hydroxylation is 1. The first-order chi connectivity index (χ1) is 8.85. The Hall–Kier alpha value is -1.63. The van der Waals surface area contributed by atoms with E-state index in [1.807, 2.05) is 0 Å². The topological polar surface area (TPSA) is 54.0 Å². The van der Waals surface area contributed by atoms with Crippen molar-refractivity contribution in [2.45, 2.75) is 19.5 Å². The first kappa shape index (κ1) is 13.8. The van der Waals surface area contributed by atoms with Gasteiger partial charge in [0.2, 0.25) is 5.91 Å². The van der Waals surface area contributed by atoms with Gasteiger partial charge in [0.25, 0.3) is 0 Å². The molecule has 2 N–H and O–H groups in total. The maximum Gasteiger partial charge on any atom is 0.404 e. The summed E-state index contributed by atoms with van der Waals surface area (Å²) in [5.41, 5.74) is -1.55. The number of alkyl halides is 3. The fraction of sp³-hybridized carbons (Fsp3) is 0.500. The molecule has 1 aromatic heterocycles. The summed E-state index contributed by atoms with van der Waals surface area (Å²) in [7, 11) is 0. The lowest BCUT2D eigenvalue weighted by Gasteiger charge is -2.29. The highest BCUT2D eigenvalue weighted by molar-refractivity contribution is 5.95. The molecule has 1 unspecified atom stereocenters. The predicted molar refractivity (Wildman–Crippen MR) is 63.6 cm³/mol. The molecule has 2 rings (SSSR count). The maximum atomic E-state index is 13.1. The third-order valence-corrected chi connectivity index (χ3v) is 3.29. The highest BCUT2D eigenvalue weighted by atomic mass is 19.4. The second kappa shape index (κ2) is 4.80. The molecule has 1 atom stereocenters. The molecule has 1 amide bonds. The van der Waals surface area contributed by atoms with E-state index in [1.165, 1.54) is 12.3 Å². The summed E-state index contributed by atoms with van der Waals surface area (Å²) < 4.78 is 39.4. The van der Waals surface area contributed by atoms with E-state index in [2.05, 4.69) is 15.6 Å². The van der Waals surface area contributed by atoms with Gasteiger partial charge in [-0.25, -0.2) is 4.98 Å². The molecule has 1 saturated heterocycles. The second-order valence-corrected chi connectivity index (χ2v) is 4.68. The van der Waals surface area contributed by atoms with Crippen LogP contribution in [0.3, 0.4) is 0 Å². The lowest BCUT2D eigenvalue weighted by atomic mass is 9.85. The number of carbonyl (C=O) groups excluding carboxylic acids is 1. The Morgan fingerprint density at radius 1 is 1.53 bits per heavy atom. The Balaban J connectivity index is 2.22. The van der Waals surface area contributed by atoms with Crippen LogP contribution in [0.4, 0.5) is 19.0 Å². The van der Waals surface area contributed by atoms with Gasteiger partial charge in [-0.2, -0.15) is 13.2 Å². The number of rotatable bonds is 2. The molecule has 1 aromatic rings. The monoisotopic (exact) mass is 273 g/mol. The summed E-state index contributed by atoms with van der Waals surface area (Å²) >= 11 is 0. The van der Waals surface area contributed by atoms with Gasteiger partial charge in [0.15, 0.2) is 5.41 Å². The standard InChI is InChI=1S/C12H14F3N3O/c1-8-2-4-17-9(6-8)18-10(19)11(12(13,14)15)3-5-16-7-11/h2,4,6,16H,3,5,7H2,1H3,(H,17,18,19). The zero-order valence-corrected chi connectivity index (χ0v) is 10.3. The number of hydrogen-bond acceptors (Lipinski definition) is 3. The third-order valence-electron chi connectivity index (χ3n) is 3.29. The van der Waals surface area contributed by atoms with E-state index >= 15 is 0 Å². The number of hydrogen-bond donors (Lipinski definition) is 2. The molecule has 1 fully saturated rings. The van der Waals surface area contributed by atoms with Crippen LogP contribution in [0.1, 0.15) is 12.0 Å². The molecule has 0 aromatic carbocycles. The Morgan fingerprint density at radius 3 is 2.79 bits per heavy atom. The minimum Gasteiger partial charge on any atom is -0.315 e. The predicted octanol–water partition coefficient (Wildman–Crippen LogP) is 1.87. The van der Waals surface area contributed by atoms with Crippen molar-refractivity contribution in [2.75, 3.05) is 18.4 Å². The normalized spacial score (nSPS) is 23.4. The number of halogens is 3. The third kappa shape index (κ3) is 2.56. The van der Waals surface area contributed by atoms with Gasteiger partial charge in [0.1, 0.15) is 5.82 Å². The van der Waals surface area contributed by atoms with Crippen molar-refractivity contribution in [1.82, 2.24) is 10.3 Å². The first-order valence-corrected chi connectivity index (χ1v) is 5.87. The fourth-order valence-electron chi connectivity index (χ4n) is 2.10. The molecule has 0 spiro atoms. The maximum absolute atomic E-state index is 13.1. The van der Waals surface area contributed by atoms with Gasteiger partial charge in [-0.3, -0.25) is 4.79 Å². The van der Waals surface area contributed by atoms with Crippen LogP contribution in [0.2, 0.25) is 0 Å². The smallest absolute Gasteiger partial charge is 0.315 e. The number of carbonyl (C=O) groups is 1. The Morgan fingerprint density at radius 2 is 2.26 bits per heavy atom. The zero-order chi connectivity index (χ0) is 14.1. The van der Waals surface area contributed by atoms with Gasteiger partial charge in [0, 0.05) is 12.7 Å². The van der Waals surface area contributed by atoms with E-state index < -0.39 is 24.0 Å². The number of nitrogens with zero attached hydrogens (tertiary/aromatic N) is 1. The molecule has 1 aliphatic heterocycles. The summed E-state index contributed by atoms with van der Waals surface area (Å²) in [6.07, 6.45) is -3.39. The minimum absolute atomic E-state index is 0.139. The zero-order valence-electron chi connectivity index (χ0n) is 10.3. The van der Waals surface area contributed by atoms with Crippen molar-refractivity contribution in [3.8, 4) is 0 Å². The van der Waals surface area contributed by atoms with E-state index in [1.54, 1.807) is 13.0 Å². The van der Waals surface area contributed by atoms with Gasteiger partial charge in [-0.1, -0.05) is 0 Å². The van der Waals surface area contributed by atoms with Gasteiger partial charge in [-0.05, 0) is 37.6 Å². The van der Waals surface area contributed by atoms with E-state index in [0.29, 0.717) is 0 Å². The largest absolute Gasteiger partial charge is 0.404 e. The summed E-state index contributed by atoms with van der Waals surface area (Å²) in [6.45, 7) is 1.55. The molecular formula is C12H14F3N3O. The number of amides is 1. The van der Waals surface area contributed by atoms with Crippen LogP contribution in [0.5, 0.6) is 0 Å². The number of pyridine rings is 1. The minimum atomic E-state index is -4.58. The highest BCUT2D eigenvalue weighted by Gasteiger charge is 2.61. The Kier molecular flexibility index (Phi) is 3.49. The van der Waals surface area contributed by atoms with E-state index in [0.717, 1.165) is 5.56 Å². The molecule has 7 heteroatoms. The lowest BCUT2D eigenvalue weighted by Crippen LogP contribution is -2.49. The quantitative estimate of drug-likeness (QED) is 0.865. The number of anilines is 1. The van der Waals surface area contributed by atoms with Crippen molar-refractivity contribution in [2.24, 2.45) is 5.41 Å². The van der Waals surface area contributed by atoms with Crippen molar-refractivity contribution in [3.05, 3.63) is 23.9 Å². The average Bonchev–Trinajstić information content (AvgIpc) is 2.78. The molecule has 0 bridgehead atoms.